The Morgan fingerprint density at radius 2 is 0.884 bits per heavy atom. The summed E-state index contributed by atoms with van der Waals surface area (Å²) in [7, 11) is -5.25. The van der Waals surface area contributed by atoms with Crippen LogP contribution >= 0.6 is 23.2 Å². The number of carbonyl (C=O) groups is 2. The van der Waals surface area contributed by atoms with E-state index in [1.54, 1.807) is 12.4 Å². The molecule has 40 heteroatoms. The van der Waals surface area contributed by atoms with E-state index in [1.165, 1.54) is 72.1 Å². The van der Waals surface area contributed by atoms with E-state index < -0.39 is 115 Å². The molecule has 4 aliphatic carbocycles. The van der Waals surface area contributed by atoms with Gasteiger partial charge < -0.3 is 20.1 Å². The number of aromatic nitrogens is 14. The largest absolute Gasteiger partial charge is 0.481 e. The predicted octanol–water partition coefficient (Wildman–Crippen LogP) is 10.8. The van der Waals surface area contributed by atoms with E-state index in [2.05, 4.69) is 50.4 Å². The van der Waals surface area contributed by atoms with Crippen LogP contribution in [0, 0.1) is 23.3 Å². The topological polar surface area (TPSA) is 336 Å². The van der Waals surface area contributed by atoms with Crippen molar-refractivity contribution >= 4 is 111 Å². The predicted molar refractivity (Wildman–Crippen MR) is 393 cm³/mol. The van der Waals surface area contributed by atoms with Crippen LogP contribution in [-0.4, -0.2) is 134 Å². The number of rotatable bonds is 28. The lowest BCUT2D eigenvalue weighted by atomic mass is 10.0. The van der Waals surface area contributed by atoms with E-state index in [9.17, 15) is 71.1 Å². The number of anilines is 2. The summed E-state index contributed by atoms with van der Waals surface area (Å²) in [4.78, 5) is 75.1. The summed E-state index contributed by atoms with van der Waals surface area (Å²) >= 11 is 13.3. The SMILES string of the molecule is COc1ccc2c(=O)n(-c3ccc(Cl)c4c(NS(=O)(=O)C5CC5)nn(CC(F)F)c34)c([C@H](Cc3cc(F)cc(F)c3)NC(=O)Cn3ccc(C4CC4)n3)nc2n1.COc1ccc2c(=O)n(-c3ccc(Cl)c4c(NS(=O)(=O)C5CC5)nn(CC(F)F)c34)c([C@H](Cc3cc(F)cc(F)c3)NC(=O)Cn3ccc(C4CC4)n3)nc2n1. The average molecular weight is 1630 g/mol. The number of fused-ring (bicyclic) bond motifs is 4. The fourth-order valence-corrected chi connectivity index (χ4v) is 16.4. The molecule has 12 aromatic rings. The van der Waals surface area contributed by atoms with Crippen LogP contribution in [0.4, 0.5) is 46.8 Å². The quantitative estimate of drug-likeness (QED) is 0.0331. The second-order valence-corrected chi connectivity index (χ2v) is 32.2. The Kier molecular flexibility index (Phi) is 20.8. The summed E-state index contributed by atoms with van der Waals surface area (Å²) in [5, 5.41) is 21.2. The van der Waals surface area contributed by atoms with Gasteiger partial charge in [0.2, 0.25) is 43.6 Å². The van der Waals surface area contributed by atoms with Gasteiger partial charge in [0, 0.05) is 61.3 Å². The van der Waals surface area contributed by atoms with E-state index in [-0.39, 0.29) is 137 Å². The van der Waals surface area contributed by atoms with Crippen LogP contribution in [0.3, 0.4) is 0 Å². The van der Waals surface area contributed by atoms with Crippen molar-refractivity contribution in [1.29, 1.82) is 0 Å². The highest BCUT2D eigenvalue weighted by Gasteiger charge is 2.40. The van der Waals surface area contributed by atoms with Gasteiger partial charge >= 0.3 is 0 Å². The lowest BCUT2D eigenvalue weighted by Gasteiger charge is -2.24. The molecule has 0 aliphatic heterocycles. The van der Waals surface area contributed by atoms with Gasteiger partial charge in [-0.05, 0) is 135 Å². The first-order chi connectivity index (χ1) is 53.5. The Labute approximate surface area is 639 Å². The second-order valence-electron chi connectivity index (χ2n) is 27.4. The molecule has 4 fully saturated rings. The number of ether oxygens (including phenoxy) is 2. The summed E-state index contributed by atoms with van der Waals surface area (Å²) < 4.78 is 189. The standard InChI is InChI=1S/2C36H32ClF4N9O5S/c2*1-55-30-9-6-23-33(43-30)44-35(26(14-18-12-20(38)15-21(39)13-18)42-29(51)17-48-11-10-25(45-48)19-2-3-19)50(36(23)52)27-8-7-24(37)31-32(27)49(16-28(40)41)46-34(31)47-56(53,54)22-4-5-22/h2*6-13,15,19,22,26,28H,2-5,14,16-17H2,1H3,(H,42,51)(H,46,47)/t2*26-/m00/s1. The van der Waals surface area contributed by atoms with Crippen molar-refractivity contribution in [2.75, 3.05) is 23.7 Å². The van der Waals surface area contributed by atoms with Gasteiger partial charge in [0.15, 0.2) is 22.9 Å². The molecule has 112 heavy (non-hydrogen) atoms. The molecule has 0 unspecified atom stereocenters. The number of nitrogens with zero attached hydrogens (tertiary/aromatic N) is 14. The molecule has 4 saturated carbocycles. The molecule has 0 spiro atoms. The molecule has 0 saturated heterocycles. The van der Waals surface area contributed by atoms with Crippen molar-refractivity contribution < 1.29 is 71.0 Å². The second kappa shape index (κ2) is 30.5. The van der Waals surface area contributed by atoms with Gasteiger partial charge in [0.25, 0.3) is 24.0 Å². The zero-order chi connectivity index (χ0) is 78.9. The molecule has 2 amide bonds. The molecule has 16 rings (SSSR count). The molecule has 4 aromatic carbocycles. The smallest absolute Gasteiger partial charge is 0.267 e. The molecule has 8 aromatic heterocycles. The molecule has 4 N–H and O–H groups in total. The third kappa shape index (κ3) is 16.3. The molecular formula is C72H64Cl2F8N18O10S2. The lowest BCUT2D eigenvalue weighted by molar-refractivity contribution is -0.123. The first kappa shape index (κ1) is 76.3. The average Bonchev–Trinajstić information content (AvgIpc) is 1.37. The van der Waals surface area contributed by atoms with Crippen LogP contribution < -0.4 is 40.7 Å². The highest BCUT2D eigenvalue weighted by atomic mass is 35.5. The fourth-order valence-electron chi connectivity index (χ4n) is 13.3. The van der Waals surface area contributed by atoms with E-state index in [4.69, 9.17) is 42.6 Å². The van der Waals surface area contributed by atoms with Crippen LogP contribution in [0.5, 0.6) is 11.8 Å². The minimum atomic E-state index is -3.98. The number of halogens is 10. The maximum Gasteiger partial charge on any atom is 0.267 e. The van der Waals surface area contributed by atoms with E-state index in [0.717, 1.165) is 79.8 Å². The Balaban J connectivity index is 0.000000177. The number of hydrogen-bond donors (Lipinski definition) is 4. The Morgan fingerprint density at radius 1 is 0.509 bits per heavy atom. The summed E-state index contributed by atoms with van der Waals surface area (Å²) in [6, 6.07) is 17.5. The Morgan fingerprint density at radius 3 is 1.22 bits per heavy atom. The number of methoxy groups -OCH3 is 2. The van der Waals surface area contributed by atoms with Crippen LogP contribution in [0.15, 0.2) is 119 Å². The normalized spacial score (nSPS) is 15.1. The number of carbonyl (C=O) groups excluding carboxylic acids is 2. The number of alkyl halides is 4. The minimum absolute atomic E-state index is 0.0572. The third-order valence-corrected chi connectivity index (χ3v) is 23.3. The van der Waals surface area contributed by atoms with Gasteiger partial charge in [0.05, 0.1) is 102 Å². The van der Waals surface area contributed by atoms with Crippen molar-refractivity contribution in [3.8, 4) is 23.1 Å². The molecule has 2 atom stereocenters. The molecular weight excluding hydrogens is 1560 g/mol. The third-order valence-electron chi connectivity index (χ3n) is 19.0. The molecule has 8 heterocycles. The number of nitrogens with one attached hydrogen (secondary N) is 4. The number of benzene rings is 4. The number of amides is 2. The van der Waals surface area contributed by atoms with Crippen molar-refractivity contribution in [3.63, 3.8) is 0 Å². The lowest BCUT2D eigenvalue weighted by Crippen LogP contribution is -2.37. The monoisotopic (exact) mass is 1630 g/mol. The van der Waals surface area contributed by atoms with E-state index in [1.807, 2.05) is 12.1 Å². The van der Waals surface area contributed by atoms with Gasteiger partial charge in [-0.1, -0.05) is 23.2 Å². The Hall–Kier alpha value is -11.1. The van der Waals surface area contributed by atoms with Crippen molar-refractivity contribution in [2.45, 2.75) is 138 Å². The fraction of sp³-hybridized carbons (Fsp3) is 0.333. The van der Waals surface area contributed by atoms with Crippen molar-refractivity contribution in [1.82, 2.24) is 78.8 Å². The van der Waals surface area contributed by atoms with E-state index >= 15 is 0 Å². The highest BCUT2D eigenvalue weighted by Crippen LogP contribution is 2.43. The number of pyridine rings is 2. The first-order valence-corrected chi connectivity index (χ1v) is 38.9. The van der Waals surface area contributed by atoms with Gasteiger partial charge in [-0.2, -0.15) is 30.4 Å². The maximum atomic E-state index is 14.7. The Bertz CT molecular complexity index is 5720. The number of sulfonamides is 2. The summed E-state index contributed by atoms with van der Waals surface area (Å²) in [5.41, 5.74) is -0.597. The van der Waals surface area contributed by atoms with Gasteiger partial charge in [-0.3, -0.25) is 56.5 Å². The minimum Gasteiger partial charge on any atom is -0.481 e. The summed E-state index contributed by atoms with van der Waals surface area (Å²) in [6.45, 7) is -2.62. The van der Waals surface area contributed by atoms with Gasteiger partial charge in [-0.25, -0.2) is 61.9 Å². The molecule has 4 aliphatic rings. The van der Waals surface area contributed by atoms with Gasteiger partial charge in [-0.15, -0.1) is 0 Å². The summed E-state index contributed by atoms with van der Waals surface area (Å²) in [5.74, 6) is -5.16. The zero-order valence-electron chi connectivity index (χ0n) is 58.9. The van der Waals surface area contributed by atoms with Gasteiger partial charge in [0.1, 0.15) is 61.1 Å². The molecule has 584 valence electrons. The van der Waals surface area contributed by atoms with Crippen LogP contribution in [-0.2, 0) is 68.7 Å². The van der Waals surface area contributed by atoms with Crippen molar-refractivity contribution in [3.05, 3.63) is 198 Å². The maximum absolute atomic E-state index is 14.7. The molecule has 0 radical (unpaired) electrons. The molecule has 0 bridgehead atoms. The highest BCUT2D eigenvalue weighted by molar-refractivity contribution is 7.93. The van der Waals surface area contributed by atoms with Crippen LogP contribution in [0.2, 0.25) is 10.0 Å². The first-order valence-electron chi connectivity index (χ1n) is 35.0. The van der Waals surface area contributed by atoms with Crippen molar-refractivity contribution in [2.24, 2.45) is 0 Å². The molecule has 28 nitrogen and oxygen atoms in total. The van der Waals surface area contributed by atoms with Crippen LogP contribution in [0.1, 0.15) is 109 Å². The van der Waals surface area contributed by atoms with E-state index in [0.29, 0.717) is 49.7 Å². The zero-order valence-corrected chi connectivity index (χ0v) is 62.0. The van der Waals surface area contributed by atoms with Crippen LogP contribution in [0.25, 0.3) is 55.2 Å². The summed E-state index contributed by atoms with van der Waals surface area (Å²) in [6.07, 6.45) is 2.21. The number of hydrogen-bond acceptors (Lipinski definition) is 18.